The number of ether oxygens (including phenoxy) is 1. The molecule has 1 heterocycles. The zero-order valence-electron chi connectivity index (χ0n) is 11.9. The lowest BCUT2D eigenvalue weighted by molar-refractivity contribution is -0.112. The molecule has 1 saturated carbocycles. The number of hydrogen-bond donors (Lipinski definition) is 0. The number of fused-ring (bicyclic) bond motifs is 1. The molecule has 108 valence electrons. The number of rotatable bonds is 3. The van der Waals surface area contributed by atoms with Crippen LogP contribution in [0.4, 0.5) is 0 Å². The Morgan fingerprint density at radius 2 is 2.25 bits per heavy atom. The maximum Gasteiger partial charge on any atom is 0.125 e. The summed E-state index contributed by atoms with van der Waals surface area (Å²) in [7, 11) is 1.79. The molecule has 0 aliphatic heterocycles. The summed E-state index contributed by atoms with van der Waals surface area (Å²) in [6.07, 6.45) is 1.32. The molecule has 2 aromatic rings. The predicted molar refractivity (Wildman–Crippen MR) is 90.2 cm³/mol. The van der Waals surface area contributed by atoms with Crippen LogP contribution in [-0.4, -0.2) is 22.8 Å². The van der Waals surface area contributed by atoms with Gasteiger partial charge in [0.15, 0.2) is 0 Å². The molecule has 1 aromatic carbocycles. The normalized spacial score (nSPS) is 24.9. The molecular weight excluding hydrogens is 387 g/mol. The zero-order chi connectivity index (χ0) is 14.5. The van der Waals surface area contributed by atoms with Crippen molar-refractivity contribution in [3.63, 3.8) is 0 Å². The number of methoxy groups -OCH3 is 1. The molecule has 2 unspecified atom stereocenters. The average Bonchev–Trinajstić information content (AvgIpc) is 2.75. The summed E-state index contributed by atoms with van der Waals surface area (Å²) in [6, 6.07) is 6.78. The van der Waals surface area contributed by atoms with Gasteiger partial charge in [-0.25, -0.2) is 4.98 Å². The summed E-state index contributed by atoms with van der Waals surface area (Å²) < 4.78 is 9.08. The molecule has 0 saturated heterocycles. The number of nitrogens with zero attached hydrogens (tertiary/aromatic N) is 2. The second-order valence-electron chi connectivity index (χ2n) is 5.96. The van der Waals surface area contributed by atoms with Gasteiger partial charge in [0.1, 0.15) is 5.82 Å². The minimum absolute atomic E-state index is 0.103. The van der Waals surface area contributed by atoms with E-state index in [1.54, 1.807) is 7.11 Å². The number of hydrogen-bond acceptors (Lipinski definition) is 2. The van der Waals surface area contributed by atoms with E-state index in [9.17, 15) is 0 Å². The standard InChI is InChI=1S/C15H18ClIN2O/c1-15(2)12(7-13(15)20-3)19-11-5-4-9(17)6-10(11)18-14(19)8-16/h4-6,12-13H,7-8H2,1-3H3. The van der Waals surface area contributed by atoms with Gasteiger partial charge >= 0.3 is 0 Å². The topological polar surface area (TPSA) is 27.1 Å². The number of aromatic nitrogens is 2. The van der Waals surface area contributed by atoms with Crippen molar-refractivity contribution in [3.8, 4) is 0 Å². The lowest BCUT2D eigenvalue weighted by Crippen LogP contribution is -2.51. The third-order valence-electron chi connectivity index (χ3n) is 4.57. The summed E-state index contributed by atoms with van der Waals surface area (Å²) in [5.74, 6) is 1.39. The van der Waals surface area contributed by atoms with Gasteiger partial charge in [-0.2, -0.15) is 0 Å². The van der Waals surface area contributed by atoms with Gasteiger partial charge in [0.25, 0.3) is 0 Å². The molecule has 5 heteroatoms. The van der Waals surface area contributed by atoms with Crippen molar-refractivity contribution < 1.29 is 4.74 Å². The van der Waals surface area contributed by atoms with Crippen LogP contribution in [-0.2, 0) is 10.6 Å². The zero-order valence-corrected chi connectivity index (χ0v) is 14.8. The van der Waals surface area contributed by atoms with Gasteiger partial charge < -0.3 is 9.30 Å². The van der Waals surface area contributed by atoms with E-state index >= 15 is 0 Å². The van der Waals surface area contributed by atoms with Crippen molar-refractivity contribution in [1.82, 2.24) is 9.55 Å². The first-order valence-corrected chi connectivity index (χ1v) is 8.35. The van der Waals surface area contributed by atoms with Crippen LogP contribution >= 0.6 is 34.2 Å². The fourth-order valence-electron chi connectivity index (χ4n) is 3.27. The molecule has 0 amide bonds. The predicted octanol–water partition coefficient (Wildman–Crippen LogP) is 4.37. The van der Waals surface area contributed by atoms with E-state index in [4.69, 9.17) is 21.3 Å². The summed E-state index contributed by atoms with van der Waals surface area (Å²) >= 11 is 8.43. The Morgan fingerprint density at radius 1 is 1.50 bits per heavy atom. The van der Waals surface area contributed by atoms with Gasteiger partial charge in [-0.15, -0.1) is 11.6 Å². The molecule has 0 bridgehead atoms. The molecule has 1 aliphatic carbocycles. The number of benzene rings is 1. The molecule has 1 fully saturated rings. The van der Waals surface area contributed by atoms with E-state index in [1.807, 2.05) is 0 Å². The van der Waals surface area contributed by atoms with Gasteiger partial charge in [0, 0.05) is 22.1 Å². The smallest absolute Gasteiger partial charge is 0.125 e. The number of imidazole rings is 1. The SMILES string of the molecule is COC1CC(n2c(CCl)nc3cc(I)ccc32)C1(C)C. The molecule has 0 radical (unpaired) electrons. The largest absolute Gasteiger partial charge is 0.381 e. The molecule has 3 nitrogen and oxygen atoms in total. The Balaban J connectivity index is 2.12. The Hall–Kier alpha value is -0.330. The Bertz CT molecular complexity index is 653. The highest BCUT2D eigenvalue weighted by Gasteiger charge is 2.50. The molecular formula is C15H18ClIN2O. The van der Waals surface area contributed by atoms with E-state index in [0.717, 1.165) is 17.8 Å². The molecule has 1 aromatic heterocycles. The van der Waals surface area contributed by atoms with Crippen molar-refractivity contribution in [2.75, 3.05) is 7.11 Å². The molecule has 1 aliphatic rings. The summed E-state index contributed by atoms with van der Waals surface area (Å²) in [5.41, 5.74) is 2.31. The Labute approximate surface area is 137 Å². The Morgan fingerprint density at radius 3 is 2.85 bits per heavy atom. The minimum atomic E-state index is 0.103. The molecule has 3 rings (SSSR count). The summed E-state index contributed by atoms with van der Waals surface area (Å²) in [6.45, 7) is 4.51. The average molecular weight is 405 g/mol. The molecule has 20 heavy (non-hydrogen) atoms. The first kappa shape index (κ1) is 14.6. The second kappa shape index (κ2) is 5.14. The van der Waals surface area contributed by atoms with E-state index < -0.39 is 0 Å². The summed E-state index contributed by atoms with van der Waals surface area (Å²) in [4.78, 5) is 4.70. The van der Waals surface area contributed by atoms with Crippen molar-refractivity contribution in [2.24, 2.45) is 5.41 Å². The van der Waals surface area contributed by atoms with Crippen LogP contribution in [0.1, 0.15) is 32.1 Å². The van der Waals surface area contributed by atoms with E-state index in [2.05, 4.69) is 59.2 Å². The fourth-order valence-corrected chi connectivity index (χ4v) is 3.93. The lowest BCUT2D eigenvalue weighted by atomic mass is 9.64. The van der Waals surface area contributed by atoms with Gasteiger partial charge in [-0.1, -0.05) is 13.8 Å². The molecule has 0 spiro atoms. The van der Waals surface area contributed by atoms with E-state index in [0.29, 0.717) is 18.0 Å². The lowest BCUT2D eigenvalue weighted by Gasteiger charge is -2.52. The minimum Gasteiger partial charge on any atom is -0.381 e. The highest BCUT2D eigenvalue weighted by molar-refractivity contribution is 14.1. The number of halogens is 2. The maximum atomic E-state index is 6.12. The fraction of sp³-hybridized carbons (Fsp3) is 0.533. The van der Waals surface area contributed by atoms with Crippen LogP contribution in [0.2, 0.25) is 0 Å². The van der Waals surface area contributed by atoms with E-state index in [1.165, 1.54) is 9.09 Å². The van der Waals surface area contributed by atoms with Gasteiger partial charge in [-0.3, -0.25) is 0 Å². The maximum absolute atomic E-state index is 6.12. The van der Waals surface area contributed by atoms with Crippen LogP contribution in [0, 0.1) is 8.99 Å². The van der Waals surface area contributed by atoms with Crippen molar-refractivity contribution >= 4 is 45.2 Å². The highest BCUT2D eigenvalue weighted by atomic mass is 127. The van der Waals surface area contributed by atoms with Crippen molar-refractivity contribution in [2.45, 2.75) is 38.3 Å². The summed E-state index contributed by atoms with van der Waals surface area (Å²) in [5, 5.41) is 0. The Kier molecular flexibility index (Phi) is 3.75. The third kappa shape index (κ3) is 2.07. The van der Waals surface area contributed by atoms with Crippen molar-refractivity contribution in [1.29, 1.82) is 0 Å². The van der Waals surface area contributed by atoms with Crippen molar-refractivity contribution in [3.05, 3.63) is 27.6 Å². The van der Waals surface area contributed by atoms with Gasteiger partial charge in [0.2, 0.25) is 0 Å². The van der Waals surface area contributed by atoms with Crippen LogP contribution in [0.15, 0.2) is 18.2 Å². The first-order valence-electron chi connectivity index (χ1n) is 6.74. The van der Waals surface area contributed by atoms with Gasteiger partial charge in [-0.05, 0) is 47.2 Å². The monoisotopic (exact) mass is 404 g/mol. The third-order valence-corrected chi connectivity index (χ3v) is 5.48. The number of alkyl halides is 1. The van der Waals surface area contributed by atoms with E-state index in [-0.39, 0.29) is 5.41 Å². The van der Waals surface area contributed by atoms with Crippen LogP contribution in [0.3, 0.4) is 0 Å². The molecule has 0 N–H and O–H groups in total. The quantitative estimate of drug-likeness (QED) is 0.561. The van der Waals surface area contributed by atoms with Crippen LogP contribution < -0.4 is 0 Å². The first-order chi connectivity index (χ1) is 9.48. The second-order valence-corrected chi connectivity index (χ2v) is 7.47. The highest BCUT2D eigenvalue weighted by Crippen LogP contribution is 2.52. The molecule has 2 atom stereocenters. The van der Waals surface area contributed by atoms with Gasteiger partial charge in [0.05, 0.1) is 23.0 Å². The van der Waals surface area contributed by atoms with Crippen LogP contribution in [0.5, 0.6) is 0 Å². The van der Waals surface area contributed by atoms with Crippen LogP contribution in [0.25, 0.3) is 11.0 Å².